The van der Waals surface area contributed by atoms with Crippen LogP contribution in [0.3, 0.4) is 0 Å². The third-order valence-electron chi connectivity index (χ3n) is 5.75. The second-order valence-electron chi connectivity index (χ2n) is 8.66. The fourth-order valence-electron chi connectivity index (χ4n) is 3.80. The van der Waals surface area contributed by atoms with Crippen molar-refractivity contribution in [3.63, 3.8) is 0 Å². The van der Waals surface area contributed by atoms with Crippen LogP contribution in [0.25, 0.3) is 0 Å². The van der Waals surface area contributed by atoms with Gasteiger partial charge in [-0.1, -0.05) is 6.42 Å². The van der Waals surface area contributed by atoms with Gasteiger partial charge in [0.2, 0.25) is 17.7 Å². The number of aliphatic carboxylic acids is 1. The fraction of sp³-hybridized carbons (Fsp3) is 0.762. The lowest BCUT2D eigenvalue weighted by atomic mass is 10.1. The van der Waals surface area contributed by atoms with E-state index < -0.39 is 54.0 Å². The van der Waals surface area contributed by atoms with E-state index in [9.17, 15) is 29.4 Å². The summed E-state index contributed by atoms with van der Waals surface area (Å²) < 4.78 is 0. The molecule has 3 amide bonds. The lowest BCUT2D eigenvalue weighted by Crippen LogP contribution is -2.59. The number of carbonyl (C=O) groups is 4. The quantitative estimate of drug-likeness (QED) is 0.0639. The molecule has 0 aromatic heterocycles. The molecule has 0 spiro atoms. The van der Waals surface area contributed by atoms with E-state index in [1.165, 1.54) is 6.92 Å². The summed E-state index contributed by atoms with van der Waals surface area (Å²) in [7, 11) is 0. The van der Waals surface area contributed by atoms with Gasteiger partial charge in [0, 0.05) is 13.1 Å². The number of rotatable bonds is 15. The van der Waals surface area contributed by atoms with Gasteiger partial charge in [0.15, 0.2) is 5.96 Å². The molecular weight excluding hydrogens is 460 g/mol. The van der Waals surface area contributed by atoms with Gasteiger partial charge in [0.1, 0.15) is 18.1 Å². The van der Waals surface area contributed by atoms with Crippen LogP contribution in [0.5, 0.6) is 0 Å². The summed E-state index contributed by atoms with van der Waals surface area (Å²) in [4.78, 5) is 55.1. The lowest BCUT2D eigenvalue weighted by molar-refractivity contribution is -0.150. The highest BCUT2D eigenvalue weighted by molar-refractivity contribution is 5.94. The minimum absolute atomic E-state index is 0.115. The van der Waals surface area contributed by atoms with Crippen molar-refractivity contribution in [2.45, 2.75) is 82.1 Å². The summed E-state index contributed by atoms with van der Waals surface area (Å²) in [5.41, 5.74) is 22.0. The van der Waals surface area contributed by atoms with E-state index in [1.54, 1.807) is 0 Å². The Hall–Kier alpha value is -2.97. The number of nitrogens with one attached hydrogen (secondary N) is 2. The summed E-state index contributed by atoms with van der Waals surface area (Å²) in [6.07, 6.45) is 1.66. The largest absolute Gasteiger partial charge is 0.480 e. The number of aliphatic hydroxyl groups excluding tert-OH is 1. The van der Waals surface area contributed by atoms with Crippen LogP contribution in [0, 0.1) is 0 Å². The number of unbranched alkanes of at least 4 members (excludes halogenated alkanes) is 1. The molecule has 5 unspecified atom stereocenters. The summed E-state index contributed by atoms with van der Waals surface area (Å²) in [6, 6.07) is -4.36. The van der Waals surface area contributed by atoms with Crippen LogP contribution >= 0.6 is 0 Å². The first-order valence-corrected chi connectivity index (χ1v) is 11.8. The van der Waals surface area contributed by atoms with E-state index >= 15 is 0 Å². The maximum absolute atomic E-state index is 13.1. The molecule has 5 atom stereocenters. The predicted molar refractivity (Wildman–Crippen MR) is 129 cm³/mol. The van der Waals surface area contributed by atoms with Crippen LogP contribution in [0.2, 0.25) is 0 Å². The molecule has 14 nitrogen and oxygen atoms in total. The van der Waals surface area contributed by atoms with Gasteiger partial charge in [-0.25, -0.2) is 4.79 Å². The van der Waals surface area contributed by atoms with Gasteiger partial charge in [0.25, 0.3) is 0 Å². The Balaban J connectivity index is 2.94. The molecule has 0 aliphatic carbocycles. The van der Waals surface area contributed by atoms with Crippen molar-refractivity contribution in [1.82, 2.24) is 15.5 Å². The molecule has 1 aliphatic rings. The zero-order chi connectivity index (χ0) is 26.5. The Morgan fingerprint density at radius 3 is 2.34 bits per heavy atom. The molecule has 200 valence electrons. The van der Waals surface area contributed by atoms with E-state index in [0.29, 0.717) is 38.6 Å². The normalized spacial score (nSPS) is 18.7. The minimum Gasteiger partial charge on any atom is -0.480 e. The molecule has 1 aliphatic heterocycles. The van der Waals surface area contributed by atoms with Crippen molar-refractivity contribution >= 4 is 29.7 Å². The van der Waals surface area contributed by atoms with Gasteiger partial charge in [-0.05, 0) is 52.0 Å². The molecule has 1 saturated heterocycles. The van der Waals surface area contributed by atoms with Crippen LogP contribution in [0.15, 0.2) is 4.99 Å². The molecule has 0 radical (unpaired) electrons. The zero-order valence-corrected chi connectivity index (χ0v) is 20.2. The first-order valence-electron chi connectivity index (χ1n) is 11.8. The molecular formula is C21H40N8O6. The number of nitrogens with zero attached hydrogens (tertiary/aromatic N) is 2. The number of nitrogens with two attached hydrogens (primary N) is 4. The van der Waals surface area contributed by atoms with E-state index in [-0.39, 0.29) is 31.9 Å². The molecule has 12 N–H and O–H groups in total. The number of hydrogen-bond acceptors (Lipinski definition) is 8. The molecule has 0 bridgehead atoms. The van der Waals surface area contributed by atoms with Crippen LogP contribution in [0.1, 0.15) is 51.9 Å². The number of aliphatic imine (C=N–C) groups is 1. The summed E-state index contributed by atoms with van der Waals surface area (Å²) in [6.45, 7) is 2.19. The summed E-state index contributed by atoms with van der Waals surface area (Å²) >= 11 is 0. The Morgan fingerprint density at radius 2 is 1.77 bits per heavy atom. The first kappa shape index (κ1) is 30.1. The first-order chi connectivity index (χ1) is 16.5. The van der Waals surface area contributed by atoms with E-state index in [4.69, 9.17) is 22.9 Å². The van der Waals surface area contributed by atoms with E-state index in [1.807, 2.05) is 0 Å². The second-order valence-corrected chi connectivity index (χ2v) is 8.66. The highest BCUT2D eigenvalue weighted by atomic mass is 16.4. The van der Waals surface area contributed by atoms with E-state index in [0.717, 1.165) is 4.90 Å². The molecule has 1 heterocycles. The average molecular weight is 501 g/mol. The number of likely N-dealkylation sites (tertiary alicyclic amines) is 1. The molecule has 0 aromatic carbocycles. The van der Waals surface area contributed by atoms with E-state index in [2.05, 4.69) is 15.6 Å². The molecule has 1 rings (SSSR count). The van der Waals surface area contributed by atoms with Crippen LogP contribution in [-0.4, -0.2) is 94.7 Å². The van der Waals surface area contributed by atoms with Crippen LogP contribution in [0.4, 0.5) is 0 Å². The number of carbonyl (C=O) groups excluding carboxylic acids is 3. The van der Waals surface area contributed by atoms with Gasteiger partial charge >= 0.3 is 5.97 Å². The van der Waals surface area contributed by atoms with Crippen molar-refractivity contribution in [1.29, 1.82) is 0 Å². The highest BCUT2D eigenvalue weighted by Gasteiger charge is 2.40. The number of aliphatic hydroxyl groups is 1. The Kier molecular flexibility index (Phi) is 13.0. The van der Waals surface area contributed by atoms with Gasteiger partial charge < -0.3 is 48.7 Å². The maximum Gasteiger partial charge on any atom is 0.326 e. The molecule has 0 saturated carbocycles. The van der Waals surface area contributed by atoms with Gasteiger partial charge in [-0.15, -0.1) is 0 Å². The topological polar surface area (TPSA) is 252 Å². The second kappa shape index (κ2) is 15.1. The summed E-state index contributed by atoms with van der Waals surface area (Å²) in [5.74, 6) is -3.24. The summed E-state index contributed by atoms with van der Waals surface area (Å²) in [5, 5.41) is 24.6. The Morgan fingerprint density at radius 1 is 1.09 bits per heavy atom. The Bertz CT molecular complexity index is 758. The third kappa shape index (κ3) is 10.0. The van der Waals surface area contributed by atoms with Gasteiger partial charge in [0.05, 0.1) is 12.1 Å². The lowest BCUT2D eigenvalue weighted by Gasteiger charge is -2.30. The van der Waals surface area contributed by atoms with Gasteiger partial charge in [-0.3, -0.25) is 19.4 Å². The van der Waals surface area contributed by atoms with Crippen LogP contribution in [-0.2, 0) is 19.2 Å². The average Bonchev–Trinajstić information content (AvgIpc) is 3.28. The molecule has 0 aromatic rings. The number of carboxylic acid groups (broad SMARTS) is 1. The Labute approximate surface area is 204 Å². The minimum atomic E-state index is -1.39. The number of guanidine groups is 1. The van der Waals surface area contributed by atoms with Crippen molar-refractivity contribution < 1.29 is 29.4 Å². The van der Waals surface area contributed by atoms with Crippen molar-refractivity contribution in [2.75, 3.05) is 19.6 Å². The number of hydrogen-bond donors (Lipinski definition) is 8. The molecule has 35 heavy (non-hydrogen) atoms. The number of amides is 3. The standard InChI is InChI=1S/C21H40N8O6/c1-12(30)16(19(33)29-11-5-8-15(29)20(34)35)28-18(32)14(7-4-10-26-21(24)25)27-17(31)13(23)6-2-3-9-22/h12-16,30H,2-11,22-23H2,1H3,(H,27,31)(H,28,32)(H,34,35)(H4,24,25,26). The maximum atomic E-state index is 13.1. The van der Waals surface area contributed by atoms with Crippen molar-refractivity contribution in [3.8, 4) is 0 Å². The number of carboxylic acids is 1. The van der Waals surface area contributed by atoms with Gasteiger partial charge in [-0.2, -0.15) is 0 Å². The molecule has 1 fully saturated rings. The highest BCUT2D eigenvalue weighted by Crippen LogP contribution is 2.19. The molecule has 14 heteroatoms. The third-order valence-corrected chi connectivity index (χ3v) is 5.75. The van der Waals surface area contributed by atoms with Crippen LogP contribution < -0.4 is 33.6 Å². The van der Waals surface area contributed by atoms with Crippen molar-refractivity contribution in [2.24, 2.45) is 27.9 Å². The predicted octanol–water partition coefficient (Wildman–Crippen LogP) is -3.08. The zero-order valence-electron chi connectivity index (χ0n) is 20.2. The smallest absolute Gasteiger partial charge is 0.326 e. The fourth-order valence-corrected chi connectivity index (χ4v) is 3.80. The monoisotopic (exact) mass is 500 g/mol. The SMILES string of the molecule is CC(O)C(NC(=O)C(CCCN=C(N)N)NC(=O)C(N)CCCCN)C(=O)N1CCCC1C(=O)O. The van der Waals surface area contributed by atoms with Crippen molar-refractivity contribution in [3.05, 3.63) is 0 Å².